The molecule has 0 aromatic heterocycles. The van der Waals surface area contributed by atoms with Gasteiger partial charge in [0.1, 0.15) is 12.6 Å². The molecule has 2 unspecified atom stereocenters. The van der Waals surface area contributed by atoms with E-state index in [4.69, 9.17) is 10.8 Å². The lowest BCUT2D eigenvalue weighted by Crippen LogP contribution is -3.10. The second-order valence-corrected chi connectivity index (χ2v) is 4.27. The summed E-state index contributed by atoms with van der Waals surface area (Å²) in [5.74, 6) is 0. The van der Waals surface area contributed by atoms with Crippen molar-refractivity contribution in [3.8, 4) is 0 Å². The van der Waals surface area contributed by atoms with Gasteiger partial charge in [0, 0.05) is 6.54 Å². The van der Waals surface area contributed by atoms with Crippen LogP contribution in [-0.2, 0) is 14.6 Å². The molecular formula is C7H20N2O5S. The van der Waals surface area contributed by atoms with Gasteiger partial charge in [0.25, 0.3) is 0 Å². The second-order valence-electron chi connectivity index (χ2n) is 3.12. The fraction of sp³-hybridized carbons (Fsp3) is 1.00. The maximum Gasteiger partial charge on any atom is 0.217 e. The minimum atomic E-state index is -4.41. The molecule has 8 heteroatoms. The molecule has 0 amide bonds. The summed E-state index contributed by atoms with van der Waals surface area (Å²) in [6.45, 7) is 4.21. The molecule has 0 aliphatic carbocycles. The van der Waals surface area contributed by atoms with Gasteiger partial charge in [-0.05, 0) is 6.92 Å². The van der Waals surface area contributed by atoms with Crippen LogP contribution < -0.4 is 10.6 Å². The Bertz CT molecular complexity index is 230. The summed E-state index contributed by atoms with van der Waals surface area (Å²) in [6.07, 6.45) is -0.212. The molecule has 4 N–H and O–H groups in total. The van der Waals surface area contributed by atoms with Crippen LogP contribution in [-0.4, -0.2) is 58.0 Å². The van der Waals surface area contributed by atoms with E-state index in [1.807, 2.05) is 7.05 Å². The summed E-state index contributed by atoms with van der Waals surface area (Å²) in [4.78, 5) is 1.28. The zero-order valence-corrected chi connectivity index (χ0v) is 10.1. The van der Waals surface area contributed by atoms with Crippen LogP contribution in [0.2, 0.25) is 0 Å². The van der Waals surface area contributed by atoms with Gasteiger partial charge < -0.3 is 20.3 Å². The highest BCUT2D eigenvalue weighted by atomic mass is 32.3. The fourth-order valence-corrected chi connectivity index (χ4v) is 0.853. The van der Waals surface area contributed by atoms with Gasteiger partial charge >= 0.3 is 0 Å². The first-order valence-corrected chi connectivity index (χ1v) is 5.77. The number of hydrogen-bond donors (Lipinski definition) is 3. The highest BCUT2D eigenvalue weighted by Crippen LogP contribution is 1.74. The Kier molecular flexibility index (Phi) is 10.3. The van der Waals surface area contributed by atoms with Crippen LogP contribution in [0.5, 0.6) is 0 Å². The zero-order chi connectivity index (χ0) is 12.5. The highest BCUT2D eigenvalue weighted by Gasteiger charge is 2.03. The van der Waals surface area contributed by atoms with E-state index < -0.39 is 10.4 Å². The van der Waals surface area contributed by atoms with Crippen LogP contribution in [0.25, 0.3) is 0 Å². The van der Waals surface area contributed by atoms with Crippen LogP contribution in [0.3, 0.4) is 0 Å². The molecule has 0 rings (SSSR count). The summed E-state index contributed by atoms with van der Waals surface area (Å²) >= 11 is 0. The van der Waals surface area contributed by atoms with E-state index in [1.165, 1.54) is 4.90 Å². The Balaban J connectivity index is 0. The number of nitrogens with one attached hydrogen (secondary N) is 1. The van der Waals surface area contributed by atoms with Gasteiger partial charge in [-0.2, -0.15) is 0 Å². The van der Waals surface area contributed by atoms with E-state index in [0.29, 0.717) is 6.54 Å². The molecule has 0 aromatic rings. The van der Waals surface area contributed by atoms with E-state index in [0.717, 1.165) is 20.2 Å². The predicted octanol–water partition coefficient (Wildman–Crippen LogP) is -3.07. The Hall–Kier alpha value is -0.250. The molecule has 0 aliphatic rings. The van der Waals surface area contributed by atoms with E-state index >= 15 is 0 Å². The third-order valence-electron chi connectivity index (χ3n) is 1.42. The number of likely N-dealkylation sites (N-methyl/N-ethyl adjacent to an activating group) is 1. The molecule has 15 heavy (non-hydrogen) atoms. The van der Waals surface area contributed by atoms with Crippen LogP contribution in [0, 0.1) is 0 Å². The summed E-state index contributed by atoms with van der Waals surface area (Å²) in [7, 11) is -1.58. The van der Waals surface area contributed by atoms with Gasteiger partial charge in [0.15, 0.2) is 0 Å². The SMILES string of the molecule is CC(O)C[NH+](C)CCN.COS(=O)(=O)[O-]. The Morgan fingerprint density at radius 2 is 2.00 bits per heavy atom. The summed E-state index contributed by atoms with van der Waals surface area (Å²) in [5.41, 5.74) is 5.30. The van der Waals surface area contributed by atoms with Crippen LogP contribution in [0.1, 0.15) is 6.92 Å². The molecule has 0 heterocycles. The normalized spacial score (nSPS) is 15.1. The van der Waals surface area contributed by atoms with Crippen molar-refractivity contribution in [2.45, 2.75) is 13.0 Å². The van der Waals surface area contributed by atoms with Crippen molar-refractivity contribution in [3.05, 3.63) is 0 Å². The number of aliphatic hydroxyl groups excluding tert-OH is 1. The number of nitrogens with two attached hydrogens (primary N) is 1. The predicted molar refractivity (Wildman–Crippen MR) is 54.1 cm³/mol. The minimum Gasteiger partial charge on any atom is -0.726 e. The summed E-state index contributed by atoms with van der Waals surface area (Å²) in [5, 5.41) is 8.89. The molecule has 0 aliphatic heterocycles. The monoisotopic (exact) mass is 244 g/mol. The maximum atomic E-state index is 9.22. The lowest BCUT2D eigenvalue weighted by molar-refractivity contribution is -0.881. The number of hydrogen-bond acceptors (Lipinski definition) is 6. The molecule has 0 radical (unpaired) electrons. The third kappa shape index (κ3) is 20.0. The average Bonchev–Trinajstić information content (AvgIpc) is 2.03. The topological polar surface area (TPSA) is 117 Å². The van der Waals surface area contributed by atoms with Crippen molar-refractivity contribution in [3.63, 3.8) is 0 Å². The van der Waals surface area contributed by atoms with Gasteiger partial charge in [0.05, 0.1) is 20.7 Å². The minimum absolute atomic E-state index is 0.212. The van der Waals surface area contributed by atoms with Crippen molar-refractivity contribution in [2.75, 3.05) is 33.8 Å². The largest absolute Gasteiger partial charge is 0.726 e. The molecule has 2 atom stereocenters. The Morgan fingerprint density at radius 1 is 1.60 bits per heavy atom. The van der Waals surface area contributed by atoms with Crippen LogP contribution in [0.15, 0.2) is 0 Å². The molecular weight excluding hydrogens is 224 g/mol. The lowest BCUT2D eigenvalue weighted by Gasteiger charge is -2.13. The molecule has 0 bridgehead atoms. The molecule has 94 valence electrons. The second kappa shape index (κ2) is 9.01. The Morgan fingerprint density at radius 3 is 2.20 bits per heavy atom. The first-order chi connectivity index (χ1) is 6.72. The number of aliphatic hydroxyl groups is 1. The quantitative estimate of drug-likeness (QED) is 0.349. The van der Waals surface area contributed by atoms with E-state index in [2.05, 4.69) is 4.18 Å². The highest BCUT2D eigenvalue weighted by molar-refractivity contribution is 7.80. The van der Waals surface area contributed by atoms with Gasteiger partial charge in [-0.1, -0.05) is 0 Å². The van der Waals surface area contributed by atoms with Crippen LogP contribution >= 0.6 is 0 Å². The summed E-state index contributed by atoms with van der Waals surface area (Å²) < 4.78 is 31.0. The molecule has 0 saturated heterocycles. The Labute approximate surface area is 90.8 Å². The van der Waals surface area contributed by atoms with Crippen molar-refractivity contribution >= 4 is 10.4 Å². The standard InChI is InChI=1S/C6H16N2O.CH4O4S/c1-6(9)5-8(2)4-3-7;1-5-6(2,3)4/h6,9H,3-5,7H2,1-2H3;1H3,(H,2,3,4). The average molecular weight is 244 g/mol. The van der Waals surface area contributed by atoms with Crippen LogP contribution in [0.4, 0.5) is 0 Å². The van der Waals surface area contributed by atoms with E-state index in [9.17, 15) is 13.0 Å². The molecule has 7 nitrogen and oxygen atoms in total. The number of rotatable bonds is 5. The third-order valence-corrected chi connectivity index (χ3v) is 1.83. The van der Waals surface area contributed by atoms with E-state index in [-0.39, 0.29) is 6.10 Å². The zero-order valence-electron chi connectivity index (χ0n) is 9.26. The molecule has 0 aromatic carbocycles. The van der Waals surface area contributed by atoms with Gasteiger partial charge in [0.2, 0.25) is 10.4 Å². The molecule has 0 saturated carbocycles. The van der Waals surface area contributed by atoms with Gasteiger partial charge in [-0.25, -0.2) is 8.42 Å². The van der Waals surface area contributed by atoms with E-state index in [1.54, 1.807) is 6.92 Å². The smallest absolute Gasteiger partial charge is 0.217 e. The van der Waals surface area contributed by atoms with Crippen molar-refractivity contribution in [1.82, 2.24) is 0 Å². The van der Waals surface area contributed by atoms with Crippen molar-refractivity contribution in [1.29, 1.82) is 0 Å². The first-order valence-electron chi connectivity index (χ1n) is 4.43. The fourth-order valence-electron chi connectivity index (χ4n) is 0.853. The molecule has 0 spiro atoms. The maximum absolute atomic E-state index is 9.22. The first kappa shape index (κ1) is 17.2. The van der Waals surface area contributed by atoms with Crippen molar-refractivity contribution in [2.24, 2.45) is 5.73 Å². The lowest BCUT2D eigenvalue weighted by atomic mass is 10.4. The summed E-state index contributed by atoms with van der Waals surface area (Å²) in [6, 6.07) is 0. The van der Waals surface area contributed by atoms with Gasteiger partial charge in [-0.3, -0.25) is 4.18 Å². The van der Waals surface area contributed by atoms with Crippen molar-refractivity contribution < 1.29 is 27.2 Å². The van der Waals surface area contributed by atoms with Gasteiger partial charge in [-0.15, -0.1) is 0 Å². The number of quaternary nitrogens is 1. The molecule has 0 fully saturated rings.